The van der Waals surface area contributed by atoms with Gasteiger partial charge >= 0.3 is 0 Å². The third kappa shape index (κ3) is 5.19. The van der Waals surface area contributed by atoms with Gasteiger partial charge in [-0.15, -0.1) is 0 Å². The fourth-order valence-electron chi connectivity index (χ4n) is 1.58. The molecule has 0 bridgehead atoms. The monoisotopic (exact) mass is 313 g/mol. The average Bonchev–Trinajstić information content (AvgIpc) is 2.38. The molecule has 18 heavy (non-hydrogen) atoms. The van der Waals surface area contributed by atoms with Crippen LogP contribution in [0.25, 0.3) is 0 Å². The Bertz CT molecular complexity index is 378. The van der Waals surface area contributed by atoms with Gasteiger partial charge < -0.3 is 10.4 Å². The molecule has 0 aliphatic rings. The molecule has 0 saturated heterocycles. The van der Waals surface area contributed by atoms with Gasteiger partial charge in [0, 0.05) is 23.5 Å². The first kappa shape index (κ1) is 15.2. The van der Waals surface area contributed by atoms with Gasteiger partial charge in [-0.3, -0.25) is 4.79 Å². The van der Waals surface area contributed by atoms with Crippen LogP contribution in [0.15, 0.2) is 28.7 Å². The van der Waals surface area contributed by atoms with Gasteiger partial charge in [0.15, 0.2) is 0 Å². The Morgan fingerprint density at radius 1 is 1.33 bits per heavy atom. The third-order valence-corrected chi connectivity index (χ3v) is 3.37. The number of aliphatic hydroxyl groups excluding tert-OH is 1. The van der Waals surface area contributed by atoms with E-state index in [9.17, 15) is 4.79 Å². The molecule has 0 radical (unpaired) electrons. The summed E-state index contributed by atoms with van der Waals surface area (Å²) >= 11 is 3.39. The lowest BCUT2D eigenvalue weighted by atomic mass is 10.0. The highest BCUT2D eigenvalue weighted by atomic mass is 79.9. The Labute approximate surface area is 117 Å². The largest absolute Gasteiger partial charge is 0.396 e. The fraction of sp³-hybridized carbons (Fsp3) is 0.500. The maximum absolute atomic E-state index is 11.8. The van der Waals surface area contributed by atoms with Crippen LogP contribution in [0.5, 0.6) is 0 Å². The molecule has 0 saturated carbocycles. The molecular formula is C14H20BrNO2. The van der Waals surface area contributed by atoms with Crippen molar-refractivity contribution in [2.75, 3.05) is 13.2 Å². The van der Waals surface area contributed by atoms with Crippen molar-refractivity contribution in [3.63, 3.8) is 0 Å². The Balaban J connectivity index is 2.42. The molecule has 0 aliphatic carbocycles. The lowest BCUT2D eigenvalue weighted by molar-refractivity contribution is -0.124. The number of rotatable bonds is 6. The van der Waals surface area contributed by atoms with Crippen LogP contribution >= 0.6 is 15.9 Å². The summed E-state index contributed by atoms with van der Waals surface area (Å²) < 4.78 is 1.04. The van der Waals surface area contributed by atoms with E-state index in [1.807, 2.05) is 38.1 Å². The molecule has 0 fully saturated rings. The minimum Gasteiger partial charge on any atom is -0.396 e. The maximum Gasteiger partial charge on any atom is 0.223 e. The molecule has 0 spiro atoms. The van der Waals surface area contributed by atoms with Crippen molar-refractivity contribution in [2.24, 2.45) is 11.8 Å². The molecule has 4 heteroatoms. The van der Waals surface area contributed by atoms with Gasteiger partial charge in [0.2, 0.25) is 5.91 Å². The van der Waals surface area contributed by atoms with Gasteiger partial charge in [0.25, 0.3) is 0 Å². The van der Waals surface area contributed by atoms with Crippen LogP contribution in [0.2, 0.25) is 0 Å². The molecule has 1 aromatic carbocycles. The van der Waals surface area contributed by atoms with Crippen LogP contribution in [0.3, 0.4) is 0 Å². The third-order valence-electron chi connectivity index (χ3n) is 2.84. The minimum absolute atomic E-state index is 0.0400. The minimum atomic E-state index is -0.0583. The van der Waals surface area contributed by atoms with E-state index in [4.69, 9.17) is 5.11 Å². The van der Waals surface area contributed by atoms with E-state index in [0.29, 0.717) is 6.54 Å². The summed E-state index contributed by atoms with van der Waals surface area (Å²) in [6, 6.07) is 8.00. The molecule has 1 aromatic rings. The van der Waals surface area contributed by atoms with Gasteiger partial charge in [0.05, 0.1) is 0 Å². The van der Waals surface area contributed by atoms with E-state index in [1.165, 1.54) is 0 Å². The Kier molecular flexibility index (Phi) is 6.36. The predicted octanol–water partition coefficient (Wildman–Crippen LogP) is 2.37. The highest BCUT2D eigenvalue weighted by Crippen LogP contribution is 2.14. The molecule has 100 valence electrons. The summed E-state index contributed by atoms with van der Waals surface area (Å²) in [4.78, 5) is 11.8. The number of carbonyl (C=O) groups excluding carboxylic acids is 1. The first-order valence-corrected chi connectivity index (χ1v) is 6.95. The zero-order valence-electron chi connectivity index (χ0n) is 10.8. The number of aliphatic hydroxyl groups is 1. The second-order valence-corrected chi connectivity index (χ2v) is 5.68. The standard InChI is InChI=1S/C14H20BrNO2/c1-10(9-17)8-16-14(18)11(2)7-12-3-5-13(15)6-4-12/h3-6,10-11,17H,7-9H2,1-2H3,(H,16,18). The summed E-state index contributed by atoms with van der Waals surface area (Å²) in [6.07, 6.45) is 0.729. The van der Waals surface area contributed by atoms with Crippen LogP contribution in [0, 0.1) is 11.8 Å². The van der Waals surface area contributed by atoms with Crippen molar-refractivity contribution in [2.45, 2.75) is 20.3 Å². The summed E-state index contributed by atoms with van der Waals surface area (Å²) in [6.45, 7) is 4.45. The number of carbonyl (C=O) groups is 1. The first-order chi connectivity index (χ1) is 8.52. The lowest BCUT2D eigenvalue weighted by Crippen LogP contribution is -2.34. The summed E-state index contributed by atoms with van der Waals surface area (Å²) in [5, 5.41) is 11.7. The molecule has 0 aliphatic heterocycles. The van der Waals surface area contributed by atoms with Gasteiger partial charge in [0.1, 0.15) is 0 Å². The van der Waals surface area contributed by atoms with E-state index < -0.39 is 0 Å². The number of hydrogen-bond acceptors (Lipinski definition) is 2. The smallest absolute Gasteiger partial charge is 0.223 e. The van der Waals surface area contributed by atoms with Crippen LogP contribution in [-0.4, -0.2) is 24.2 Å². The highest BCUT2D eigenvalue weighted by Gasteiger charge is 2.14. The molecule has 2 atom stereocenters. The lowest BCUT2D eigenvalue weighted by Gasteiger charge is -2.14. The van der Waals surface area contributed by atoms with E-state index in [0.717, 1.165) is 16.5 Å². The molecule has 0 aromatic heterocycles. The molecular weight excluding hydrogens is 294 g/mol. The van der Waals surface area contributed by atoms with Crippen molar-refractivity contribution in [3.8, 4) is 0 Å². The van der Waals surface area contributed by atoms with Crippen LogP contribution in [0.4, 0.5) is 0 Å². The zero-order valence-corrected chi connectivity index (χ0v) is 12.4. The molecule has 1 rings (SSSR count). The number of nitrogens with one attached hydrogen (secondary N) is 1. The molecule has 2 N–H and O–H groups in total. The van der Waals surface area contributed by atoms with Gasteiger partial charge in [-0.05, 0) is 30.0 Å². The SMILES string of the molecule is CC(CO)CNC(=O)C(C)Cc1ccc(Br)cc1. The van der Waals surface area contributed by atoms with E-state index in [2.05, 4.69) is 21.2 Å². The van der Waals surface area contributed by atoms with E-state index in [1.54, 1.807) is 0 Å². The Hall–Kier alpha value is -0.870. The van der Waals surface area contributed by atoms with Crippen molar-refractivity contribution >= 4 is 21.8 Å². The van der Waals surface area contributed by atoms with Crippen molar-refractivity contribution in [1.29, 1.82) is 0 Å². The summed E-state index contributed by atoms with van der Waals surface area (Å²) in [7, 11) is 0. The number of amides is 1. The van der Waals surface area contributed by atoms with E-state index in [-0.39, 0.29) is 24.3 Å². The molecule has 1 amide bonds. The second kappa shape index (κ2) is 7.54. The van der Waals surface area contributed by atoms with Crippen molar-refractivity contribution < 1.29 is 9.90 Å². The van der Waals surface area contributed by atoms with Crippen LogP contribution < -0.4 is 5.32 Å². The van der Waals surface area contributed by atoms with Crippen LogP contribution in [-0.2, 0) is 11.2 Å². The fourth-order valence-corrected chi connectivity index (χ4v) is 1.84. The first-order valence-electron chi connectivity index (χ1n) is 6.16. The quantitative estimate of drug-likeness (QED) is 0.847. The summed E-state index contributed by atoms with van der Waals surface area (Å²) in [5.74, 6) is 0.0871. The molecule has 2 unspecified atom stereocenters. The highest BCUT2D eigenvalue weighted by molar-refractivity contribution is 9.10. The Morgan fingerprint density at radius 3 is 2.50 bits per heavy atom. The zero-order chi connectivity index (χ0) is 13.5. The molecule has 3 nitrogen and oxygen atoms in total. The van der Waals surface area contributed by atoms with E-state index >= 15 is 0 Å². The number of hydrogen-bond donors (Lipinski definition) is 2. The normalized spacial score (nSPS) is 14.0. The average molecular weight is 314 g/mol. The van der Waals surface area contributed by atoms with Crippen molar-refractivity contribution in [1.82, 2.24) is 5.32 Å². The van der Waals surface area contributed by atoms with Gasteiger partial charge in [-0.2, -0.15) is 0 Å². The maximum atomic E-state index is 11.8. The number of halogens is 1. The topological polar surface area (TPSA) is 49.3 Å². The predicted molar refractivity (Wildman–Crippen MR) is 76.3 cm³/mol. The Morgan fingerprint density at radius 2 is 1.94 bits per heavy atom. The van der Waals surface area contributed by atoms with Gasteiger partial charge in [-0.25, -0.2) is 0 Å². The van der Waals surface area contributed by atoms with Gasteiger partial charge in [-0.1, -0.05) is 41.9 Å². The summed E-state index contributed by atoms with van der Waals surface area (Å²) in [5.41, 5.74) is 1.15. The number of benzene rings is 1. The molecule has 0 heterocycles. The van der Waals surface area contributed by atoms with Crippen molar-refractivity contribution in [3.05, 3.63) is 34.3 Å². The van der Waals surface area contributed by atoms with Crippen LogP contribution in [0.1, 0.15) is 19.4 Å². The second-order valence-electron chi connectivity index (χ2n) is 4.76.